The van der Waals surface area contributed by atoms with Gasteiger partial charge in [-0.25, -0.2) is 0 Å². The van der Waals surface area contributed by atoms with Crippen LogP contribution in [0.25, 0.3) is 0 Å². The van der Waals surface area contributed by atoms with Crippen LogP contribution in [0.2, 0.25) is 0 Å². The number of amides is 1. The van der Waals surface area contributed by atoms with Crippen LogP contribution >= 0.6 is 0 Å². The standard InChI is InChI=1S/C21H26N2O2/c1-17-8-10-20(11-9-17)25-18(2)21(24)23-14-12-22(13-15-23)16-19-6-4-3-5-7-19/h3-11,18H,12-16H2,1-2H3/t18-/m0/s1. The molecule has 1 saturated heterocycles. The van der Waals surface area contributed by atoms with E-state index in [1.807, 2.05) is 49.1 Å². The Morgan fingerprint density at radius 3 is 2.28 bits per heavy atom. The summed E-state index contributed by atoms with van der Waals surface area (Å²) in [6, 6.07) is 18.3. The normalized spacial score (nSPS) is 16.5. The van der Waals surface area contributed by atoms with Gasteiger partial charge in [-0.1, -0.05) is 48.0 Å². The topological polar surface area (TPSA) is 32.8 Å². The summed E-state index contributed by atoms with van der Waals surface area (Å²) in [6.07, 6.45) is -0.455. The number of rotatable bonds is 5. The molecule has 1 fully saturated rings. The molecule has 1 aliphatic heterocycles. The van der Waals surface area contributed by atoms with Crippen molar-refractivity contribution in [1.82, 2.24) is 9.80 Å². The molecule has 0 saturated carbocycles. The SMILES string of the molecule is Cc1ccc(O[C@@H](C)C(=O)N2CCN(Cc3ccccc3)CC2)cc1. The van der Waals surface area contributed by atoms with E-state index >= 15 is 0 Å². The smallest absolute Gasteiger partial charge is 0.263 e. The molecule has 0 unspecified atom stereocenters. The largest absolute Gasteiger partial charge is 0.481 e. The lowest BCUT2D eigenvalue weighted by atomic mass is 10.2. The zero-order valence-electron chi connectivity index (χ0n) is 15.0. The third-order valence-electron chi connectivity index (χ3n) is 4.61. The zero-order valence-corrected chi connectivity index (χ0v) is 15.0. The highest BCUT2D eigenvalue weighted by molar-refractivity contribution is 5.81. The van der Waals surface area contributed by atoms with Gasteiger partial charge in [-0.15, -0.1) is 0 Å². The lowest BCUT2D eigenvalue weighted by Gasteiger charge is -2.35. The van der Waals surface area contributed by atoms with Gasteiger partial charge in [-0.05, 0) is 31.5 Å². The van der Waals surface area contributed by atoms with Crippen molar-refractivity contribution >= 4 is 5.91 Å². The van der Waals surface area contributed by atoms with Crippen molar-refractivity contribution in [3.8, 4) is 5.75 Å². The summed E-state index contributed by atoms with van der Waals surface area (Å²) in [5, 5.41) is 0. The van der Waals surface area contributed by atoms with Crippen LogP contribution in [-0.2, 0) is 11.3 Å². The van der Waals surface area contributed by atoms with E-state index in [0.717, 1.165) is 38.5 Å². The van der Waals surface area contributed by atoms with Gasteiger partial charge in [-0.2, -0.15) is 0 Å². The van der Waals surface area contributed by atoms with E-state index in [2.05, 4.69) is 29.2 Å². The fourth-order valence-electron chi connectivity index (χ4n) is 3.10. The van der Waals surface area contributed by atoms with Crippen LogP contribution in [0, 0.1) is 6.92 Å². The molecule has 1 amide bonds. The fraction of sp³-hybridized carbons (Fsp3) is 0.381. The Balaban J connectivity index is 1.48. The van der Waals surface area contributed by atoms with Crippen LogP contribution in [0.4, 0.5) is 0 Å². The van der Waals surface area contributed by atoms with Gasteiger partial charge >= 0.3 is 0 Å². The maximum atomic E-state index is 12.6. The molecule has 2 aromatic carbocycles. The van der Waals surface area contributed by atoms with Gasteiger partial charge in [-0.3, -0.25) is 9.69 Å². The highest BCUT2D eigenvalue weighted by Gasteiger charge is 2.26. The summed E-state index contributed by atoms with van der Waals surface area (Å²) < 4.78 is 5.80. The Morgan fingerprint density at radius 2 is 1.64 bits per heavy atom. The predicted molar refractivity (Wildman–Crippen MR) is 99.6 cm³/mol. The maximum Gasteiger partial charge on any atom is 0.263 e. The molecule has 4 heteroatoms. The molecule has 0 radical (unpaired) electrons. The second kappa shape index (κ2) is 8.17. The van der Waals surface area contributed by atoms with Gasteiger partial charge in [0.05, 0.1) is 0 Å². The van der Waals surface area contributed by atoms with E-state index in [-0.39, 0.29) is 5.91 Å². The predicted octanol–water partition coefficient (Wildman–Crippen LogP) is 3.11. The van der Waals surface area contributed by atoms with Crippen LogP contribution in [0.1, 0.15) is 18.1 Å². The minimum Gasteiger partial charge on any atom is -0.481 e. The average molecular weight is 338 g/mol. The quantitative estimate of drug-likeness (QED) is 0.840. The first-order valence-electron chi connectivity index (χ1n) is 8.90. The van der Waals surface area contributed by atoms with Gasteiger partial charge in [0.25, 0.3) is 5.91 Å². The minimum absolute atomic E-state index is 0.0694. The van der Waals surface area contributed by atoms with Gasteiger partial charge < -0.3 is 9.64 Å². The molecule has 2 aromatic rings. The van der Waals surface area contributed by atoms with E-state index in [1.54, 1.807) is 0 Å². The summed E-state index contributed by atoms with van der Waals surface area (Å²) in [5.41, 5.74) is 2.50. The number of carbonyl (C=O) groups excluding carboxylic acids is 1. The van der Waals surface area contributed by atoms with Gasteiger partial charge in [0.15, 0.2) is 6.10 Å². The number of nitrogens with zero attached hydrogens (tertiary/aromatic N) is 2. The molecule has 0 spiro atoms. The Morgan fingerprint density at radius 1 is 1.00 bits per heavy atom. The van der Waals surface area contributed by atoms with Gasteiger partial charge in [0.2, 0.25) is 0 Å². The molecule has 1 aliphatic rings. The monoisotopic (exact) mass is 338 g/mol. The van der Waals surface area contributed by atoms with Crippen LogP contribution < -0.4 is 4.74 Å². The highest BCUT2D eigenvalue weighted by Crippen LogP contribution is 2.15. The van der Waals surface area contributed by atoms with E-state index < -0.39 is 6.10 Å². The minimum atomic E-state index is -0.455. The number of benzene rings is 2. The molecule has 4 nitrogen and oxygen atoms in total. The number of ether oxygens (including phenoxy) is 1. The first-order chi connectivity index (χ1) is 12.1. The van der Waals surface area contributed by atoms with Crippen molar-refractivity contribution in [2.45, 2.75) is 26.5 Å². The summed E-state index contributed by atoms with van der Waals surface area (Å²) in [7, 11) is 0. The molecule has 1 heterocycles. The Labute approximate surface area is 150 Å². The zero-order chi connectivity index (χ0) is 17.6. The second-order valence-electron chi connectivity index (χ2n) is 6.66. The molecule has 1 atom stereocenters. The van der Waals surface area contributed by atoms with Crippen molar-refractivity contribution < 1.29 is 9.53 Å². The molecule has 3 rings (SSSR count). The maximum absolute atomic E-state index is 12.6. The van der Waals surface area contributed by atoms with Crippen LogP contribution in [0.5, 0.6) is 5.75 Å². The number of hydrogen-bond donors (Lipinski definition) is 0. The highest BCUT2D eigenvalue weighted by atomic mass is 16.5. The molecule has 0 bridgehead atoms. The van der Waals surface area contributed by atoms with E-state index in [0.29, 0.717) is 0 Å². The first kappa shape index (κ1) is 17.5. The number of piperazine rings is 1. The summed E-state index contributed by atoms with van der Waals surface area (Å²) in [4.78, 5) is 16.9. The molecule has 25 heavy (non-hydrogen) atoms. The molecule has 0 aromatic heterocycles. The van der Waals surface area contributed by atoms with Gasteiger partial charge in [0, 0.05) is 32.7 Å². The van der Waals surface area contributed by atoms with Gasteiger partial charge in [0.1, 0.15) is 5.75 Å². The van der Waals surface area contributed by atoms with E-state index in [4.69, 9.17) is 4.74 Å². The second-order valence-corrected chi connectivity index (χ2v) is 6.66. The Hall–Kier alpha value is -2.33. The first-order valence-corrected chi connectivity index (χ1v) is 8.90. The molecular formula is C21H26N2O2. The van der Waals surface area contributed by atoms with Crippen molar-refractivity contribution in [3.05, 3.63) is 65.7 Å². The number of hydrogen-bond acceptors (Lipinski definition) is 3. The summed E-state index contributed by atoms with van der Waals surface area (Å²) in [5.74, 6) is 0.814. The van der Waals surface area contributed by atoms with Crippen molar-refractivity contribution in [3.63, 3.8) is 0 Å². The van der Waals surface area contributed by atoms with E-state index in [9.17, 15) is 4.79 Å². The summed E-state index contributed by atoms with van der Waals surface area (Å²) >= 11 is 0. The number of aryl methyl sites for hydroxylation is 1. The number of carbonyl (C=O) groups is 1. The molecule has 0 N–H and O–H groups in total. The van der Waals surface area contributed by atoms with Crippen molar-refractivity contribution in [2.75, 3.05) is 26.2 Å². The Kier molecular flexibility index (Phi) is 5.71. The molecular weight excluding hydrogens is 312 g/mol. The fourth-order valence-corrected chi connectivity index (χ4v) is 3.10. The van der Waals surface area contributed by atoms with E-state index in [1.165, 1.54) is 11.1 Å². The average Bonchev–Trinajstić information content (AvgIpc) is 2.64. The van der Waals surface area contributed by atoms with Crippen LogP contribution in [-0.4, -0.2) is 48.0 Å². The summed E-state index contributed by atoms with van der Waals surface area (Å²) in [6.45, 7) is 8.13. The Bertz CT molecular complexity index is 677. The van der Waals surface area contributed by atoms with Crippen molar-refractivity contribution in [1.29, 1.82) is 0 Å². The molecule has 0 aliphatic carbocycles. The van der Waals surface area contributed by atoms with Crippen LogP contribution in [0.15, 0.2) is 54.6 Å². The van der Waals surface area contributed by atoms with Crippen molar-refractivity contribution in [2.24, 2.45) is 0 Å². The molecule has 132 valence electrons. The lowest BCUT2D eigenvalue weighted by Crippen LogP contribution is -2.51. The third kappa shape index (κ3) is 4.83. The van der Waals surface area contributed by atoms with Crippen LogP contribution in [0.3, 0.4) is 0 Å². The third-order valence-corrected chi connectivity index (χ3v) is 4.61. The lowest BCUT2D eigenvalue weighted by molar-refractivity contribution is -0.139.